The van der Waals surface area contributed by atoms with Crippen molar-refractivity contribution >= 4 is 15.7 Å². The molecular formula is C18H25NO4S. The van der Waals surface area contributed by atoms with Gasteiger partial charge in [-0.2, -0.15) is 0 Å². The van der Waals surface area contributed by atoms with Gasteiger partial charge in [0.2, 0.25) is 0 Å². The molecule has 0 radical (unpaired) electrons. The minimum atomic E-state index is -3.27. The number of sulfone groups is 1. The minimum Gasteiger partial charge on any atom is -0.377 e. The van der Waals surface area contributed by atoms with Crippen LogP contribution >= 0.6 is 0 Å². The second-order valence-electron chi connectivity index (χ2n) is 7.30. The summed E-state index contributed by atoms with van der Waals surface area (Å²) >= 11 is 0. The zero-order valence-electron chi connectivity index (χ0n) is 14.3. The Morgan fingerprint density at radius 2 is 1.79 bits per heavy atom. The highest BCUT2D eigenvalue weighted by atomic mass is 32.2. The van der Waals surface area contributed by atoms with Crippen LogP contribution in [0.25, 0.3) is 0 Å². The SMILES string of the molecule is CC1(C)COCCN1C(=O)c1ccc(S(=O)(=O)C2CCCC2)cc1. The molecule has 132 valence electrons. The number of amides is 1. The van der Waals surface area contributed by atoms with Gasteiger partial charge in [0.1, 0.15) is 0 Å². The molecule has 6 heteroatoms. The van der Waals surface area contributed by atoms with Crippen LogP contribution in [0, 0.1) is 0 Å². The van der Waals surface area contributed by atoms with Crippen LogP contribution in [-0.2, 0) is 14.6 Å². The van der Waals surface area contributed by atoms with E-state index in [2.05, 4.69) is 0 Å². The van der Waals surface area contributed by atoms with Crippen molar-refractivity contribution in [3.8, 4) is 0 Å². The van der Waals surface area contributed by atoms with Crippen LogP contribution in [0.4, 0.5) is 0 Å². The van der Waals surface area contributed by atoms with E-state index in [1.54, 1.807) is 29.2 Å². The van der Waals surface area contributed by atoms with Crippen molar-refractivity contribution in [2.45, 2.75) is 55.2 Å². The van der Waals surface area contributed by atoms with Crippen molar-refractivity contribution < 1.29 is 17.9 Å². The van der Waals surface area contributed by atoms with Gasteiger partial charge in [-0.1, -0.05) is 12.8 Å². The summed E-state index contributed by atoms with van der Waals surface area (Å²) in [5.41, 5.74) is 0.166. The van der Waals surface area contributed by atoms with E-state index in [0.29, 0.717) is 30.2 Å². The predicted octanol–water partition coefficient (Wildman–Crippen LogP) is 2.65. The Kier molecular flexibility index (Phi) is 4.71. The number of hydrogen-bond acceptors (Lipinski definition) is 4. The molecular weight excluding hydrogens is 326 g/mol. The molecule has 0 aromatic heterocycles. The maximum absolute atomic E-state index is 12.8. The van der Waals surface area contributed by atoms with E-state index >= 15 is 0 Å². The number of carbonyl (C=O) groups is 1. The minimum absolute atomic E-state index is 0.0758. The summed E-state index contributed by atoms with van der Waals surface area (Å²) in [6, 6.07) is 6.42. The molecule has 0 spiro atoms. The zero-order chi connectivity index (χ0) is 17.4. The molecule has 1 aromatic rings. The quantitative estimate of drug-likeness (QED) is 0.840. The largest absolute Gasteiger partial charge is 0.377 e. The molecule has 5 nitrogen and oxygen atoms in total. The maximum atomic E-state index is 12.8. The molecule has 0 atom stereocenters. The smallest absolute Gasteiger partial charge is 0.254 e. The number of benzene rings is 1. The van der Waals surface area contributed by atoms with E-state index in [1.165, 1.54) is 0 Å². The fourth-order valence-corrected chi connectivity index (χ4v) is 5.42. The van der Waals surface area contributed by atoms with Crippen LogP contribution in [0.3, 0.4) is 0 Å². The molecule has 3 rings (SSSR count). The van der Waals surface area contributed by atoms with Crippen molar-refractivity contribution in [3.05, 3.63) is 29.8 Å². The highest BCUT2D eigenvalue weighted by molar-refractivity contribution is 7.92. The Morgan fingerprint density at radius 1 is 1.17 bits per heavy atom. The zero-order valence-corrected chi connectivity index (χ0v) is 15.1. The van der Waals surface area contributed by atoms with Gasteiger partial charge in [0.05, 0.1) is 28.9 Å². The van der Waals surface area contributed by atoms with E-state index in [9.17, 15) is 13.2 Å². The maximum Gasteiger partial charge on any atom is 0.254 e. The number of carbonyl (C=O) groups excluding carboxylic acids is 1. The molecule has 1 heterocycles. The van der Waals surface area contributed by atoms with Gasteiger partial charge in [-0.25, -0.2) is 8.42 Å². The van der Waals surface area contributed by atoms with Crippen molar-refractivity contribution in [2.75, 3.05) is 19.8 Å². The first-order valence-electron chi connectivity index (χ1n) is 8.56. The van der Waals surface area contributed by atoms with E-state index in [-0.39, 0.29) is 16.7 Å². The van der Waals surface area contributed by atoms with Crippen molar-refractivity contribution in [3.63, 3.8) is 0 Å². The van der Waals surface area contributed by atoms with Crippen LogP contribution in [-0.4, -0.2) is 49.8 Å². The first-order valence-corrected chi connectivity index (χ1v) is 10.1. The Balaban J connectivity index is 1.80. The number of nitrogens with zero attached hydrogens (tertiary/aromatic N) is 1. The summed E-state index contributed by atoms with van der Waals surface area (Å²) in [6.07, 6.45) is 3.44. The van der Waals surface area contributed by atoms with Crippen molar-refractivity contribution in [1.29, 1.82) is 0 Å². The second-order valence-corrected chi connectivity index (χ2v) is 9.53. The monoisotopic (exact) mass is 351 g/mol. The van der Waals surface area contributed by atoms with Gasteiger partial charge in [-0.3, -0.25) is 4.79 Å². The molecule has 24 heavy (non-hydrogen) atoms. The molecule has 2 aliphatic rings. The third-order valence-electron chi connectivity index (χ3n) is 5.06. The summed E-state index contributed by atoms with van der Waals surface area (Å²) in [6.45, 7) is 5.54. The summed E-state index contributed by atoms with van der Waals surface area (Å²) in [5, 5.41) is -0.266. The van der Waals surface area contributed by atoms with E-state index in [1.807, 2.05) is 13.8 Å². The molecule has 0 N–H and O–H groups in total. The molecule has 1 aliphatic carbocycles. The lowest BCUT2D eigenvalue weighted by atomic mass is 10.0. The highest BCUT2D eigenvalue weighted by Crippen LogP contribution is 2.30. The van der Waals surface area contributed by atoms with E-state index in [0.717, 1.165) is 25.7 Å². The van der Waals surface area contributed by atoms with Crippen LogP contribution in [0.1, 0.15) is 49.9 Å². The third-order valence-corrected chi connectivity index (χ3v) is 7.34. The molecule has 0 bridgehead atoms. The van der Waals surface area contributed by atoms with Crippen LogP contribution in [0.5, 0.6) is 0 Å². The highest BCUT2D eigenvalue weighted by Gasteiger charge is 2.35. The average Bonchev–Trinajstić information content (AvgIpc) is 3.09. The van der Waals surface area contributed by atoms with Gasteiger partial charge in [0, 0.05) is 12.1 Å². The number of rotatable bonds is 3. The predicted molar refractivity (Wildman–Crippen MR) is 91.8 cm³/mol. The fourth-order valence-electron chi connectivity index (χ4n) is 3.57. The lowest BCUT2D eigenvalue weighted by Crippen LogP contribution is -2.55. The molecule has 1 aliphatic heterocycles. The lowest BCUT2D eigenvalue weighted by molar-refractivity contribution is -0.0370. The molecule has 1 amide bonds. The lowest BCUT2D eigenvalue weighted by Gasteiger charge is -2.42. The second kappa shape index (κ2) is 6.48. The van der Waals surface area contributed by atoms with Gasteiger partial charge in [-0.05, 0) is 51.0 Å². The van der Waals surface area contributed by atoms with Gasteiger partial charge in [-0.15, -0.1) is 0 Å². The summed E-state index contributed by atoms with van der Waals surface area (Å²) < 4.78 is 30.7. The Bertz CT molecular complexity index is 703. The Hall–Kier alpha value is -1.40. The molecule has 1 saturated carbocycles. The Labute approximate surface area is 143 Å². The molecule has 1 saturated heterocycles. The summed E-state index contributed by atoms with van der Waals surface area (Å²) in [5.74, 6) is -0.0758. The fraction of sp³-hybridized carbons (Fsp3) is 0.611. The number of hydrogen-bond donors (Lipinski definition) is 0. The van der Waals surface area contributed by atoms with Crippen molar-refractivity contribution in [2.24, 2.45) is 0 Å². The molecule has 2 fully saturated rings. The first kappa shape index (κ1) is 17.4. The molecule has 0 unspecified atom stereocenters. The summed E-state index contributed by atoms with van der Waals surface area (Å²) in [7, 11) is -3.27. The van der Waals surface area contributed by atoms with E-state index in [4.69, 9.17) is 4.74 Å². The third kappa shape index (κ3) is 3.22. The van der Waals surface area contributed by atoms with Crippen LogP contribution < -0.4 is 0 Å². The normalized spacial score (nSPS) is 21.8. The van der Waals surface area contributed by atoms with Crippen LogP contribution in [0.2, 0.25) is 0 Å². The molecule has 1 aromatic carbocycles. The standard InChI is InChI=1S/C18H25NO4S/c1-18(2)13-23-12-11-19(18)17(20)14-7-9-16(10-8-14)24(21,22)15-5-3-4-6-15/h7-10,15H,3-6,11-13H2,1-2H3. The van der Waals surface area contributed by atoms with Gasteiger partial charge in [0.25, 0.3) is 5.91 Å². The average molecular weight is 351 g/mol. The van der Waals surface area contributed by atoms with E-state index < -0.39 is 9.84 Å². The van der Waals surface area contributed by atoms with Gasteiger partial charge in [0.15, 0.2) is 9.84 Å². The Morgan fingerprint density at radius 3 is 2.38 bits per heavy atom. The van der Waals surface area contributed by atoms with Crippen molar-refractivity contribution in [1.82, 2.24) is 4.90 Å². The van der Waals surface area contributed by atoms with Gasteiger partial charge >= 0.3 is 0 Å². The number of morpholine rings is 1. The number of ether oxygens (including phenoxy) is 1. The van der Waals surface area contributed by atoms with Crippen LogP contribution in [0.15, 0.2) is 29.2 Å². The summed E-state index contributed by atoms with van der Waals surface area (Å²) in [4.78, 5) is 14.9. The topological polar surface area (TPSA) is 63.7 Å². The van der Waals surface area contributed by atoms with Gasteiger partial charge < -0.3 is 9.64 Å². The first-order chi connectivity index (χ1) is 11.3.